The molecule has 3 atom stereocenters. The molecule has 2 amide bonds. The molecule has 2 aliphatic rings. The highest BCUT2D eigenvalue weighted by molar-refractivity contribution is 6.05. The van der Waals surface area contributed by atoms with Crippen molar-refractivity contribution in [1.82, 2.24) is 4.90 Å². The summed E-state index contributed by atoms with van der Waals surface area (Å²) in [6.45, 7) is 2.17. The molecule has 2 saturated heterocycles. The van der Waals surface area contributed by atoms with Crippen molar-refractivity contribution in [1.29, 1.82) is 0 Å². The second-order valence-corrected chi connectivity index (χ2v) is 7.15. The molecule has 2 aliphatic heterocycles. The Morgan fingerprint density at radius 2 is 1.93 bits per heavy atom. The van der Waals surface area contributed by atoms with E-state index in [-0.39, 0.29) is 17.9 Å². The third-order valence-corrected chi connectivity index (χ3v) is 5.38. The molecule has 0 radical (unpaired) electrons. The van der Waals surface area contributed by atoms with Crippen LogP contribution in [0.2, 0.25) is 0 Å². The van der Waals surface area contributed by atoms with Gasteiger partial charge in [0.2, 0.25) is 11.8 Å². The molecule has 0 spiro atoms. The molecule has 2 N–H and O–H groups in total. The van der Waals surface area contributed by atoms with Crippen LogP contribution in [0.5, 0.6) is 5.75 Å². The Labute approximate surface area is 158 Å². The van der Waals surface area contributed by atoms with Crippen molar-refractivity contribution in [3.05, 3.63) is 48.5 Å². The Morgan fingerprint density at radius 3 is 2.56 bits per heavy atom. The third kappa shape index (κ3) is 2.86. The Bertz CT molecular complexity index is 881. The first-order valence-corrected chi connectivity index (χ1v) is 9.14. The van der Waals surface area contributed by atoms with E-state index in [1.54, 1.807) is 23.8 Å². The summed E-state index contributed by atoms with van der Waals surface area (Å²) in [6.07, 6.45) is 0.635. The highest BCUT2D eigenvalue weighted by Gasteiger charge is 2.52. The van der Waals surface area contributed by atoms with Gasteiger partial charge in [0, 0.05) is 6.54 Å². The molecule has 4 rings (SSSR count). The van der Waals surface area contributed by atoms with Crippen LogP contribution in [0.25, 0.3) is 11.1 Å². The van der Waals surface area contributed by atoms with Gasteiger partial charge in [0.25, 0.3) is 0 Å². The number of carbonyl (C=O) groups is 2. The minimum absolute atomic E-state index is 0.0508. The molecule has 6 nitrogen and oxygen atoms in total. The van der Waals surface area contributed by atoms with Crippen molar-refractivity contribution in [2.75, 3.05) is 18.6 Å². The van der Waals surface area contributed by atoms with Gasteiger partial charge in [-0.1, -0.05) is 36.4 Å². The molecule has 2 aromatic carbocycles. The van der Waals surface area contributed by atoms with Crippen molar-refractivity contribution < 1.29 is 14.3 Å². The predicted octanol–water partition coefficient (Wildman–Crippen LogP) is 2.03. The summed E-state index contributed by atoms with van der Waals surface area (Å²) >= 11 is 0. The van der Waals surface area contributed by atoms with Gasteiger partial charge in [0.1, 0.15) is 11.8 Å². The average Bonchev–Trinajstić information content (AvgIpc) is 3.25. The summed E-state index contributed by atoms with van der Waals surface area (Å²) in [5.74, 6) is 0.421. The zero-order chi connectivity index (χ0) is 19.1. The number of likely N-dealkylation sites (tertiary alicyclic amines) is 1. The molecule has 140 valence electrons. The molecule has 0 saturated carbocycles. The molecule has 2 aromatic rings. The number of piperazine rings is 1. The van der Waals surface area contributed by atoms with Crippen LogP contribution in [0.3, 0.4) is 0 Å². The zero-order valence-electron chi connectivity index (χ0n) is 15.5. The van der Waals surface area contributed by atoms with Crippen LogP contribution in [0.1, 0.15) is 13.3 Å². The van der Waals surface area contributed by atoms with Gasteiger partial charge in [-0.05, 0) is 36.6 Å². The molecule has 0 aliphatic carbocycles. The number of benzene rings is 2. The normalized spacial score (nSPS) is 22.3. The molecule has 2 heterocycles. The first-order valence-electron chi connectivity index (χ1n) is 9.14. The van der Waals surface area contributed by atoms with Crippen LogP contribution in [0.4, 0.5) is 5.69 Å². The van der Waals surface area contributed by atoms with Gasteiger partial charge in [-0.25, -0.2) is 0 Å². The zero-order valence-corrected chi connectivity index (χ0v) is 15.5. The molecule has 2 bridgehead atoms. The topological polar surface area (TPSA) is 75.9 Å². The van der Waals surface area contributed by atoms with E-state index in [1.165, 1.54) is 0 Å². The third-order valence-electron chi connectivity index (χ3n) is 5.38. The lowest BCUT2D eigenvalue weighted by atomic mass is 10.0. The fourth-order valence-corrected chi connectivity index (χ4v) is 4.08. The van der Waals surface area contributed by atoms with Crippen LogP contribution in [0.15, 0.2) is 48.5 Å². The number of nitrogens with two attached hydrogens (primary N) is 1. The van der Waals surface area contributed by atoms with Crippen LogP contribution < -0.4 is 15.4 Å². The number of nitrogens with zero attached hydrogens (tertiary/aromatic N) is 2. The molecular formula is C21H23N3O3. The Hall–Kier alpha value is -2.86. The van der Waals surface area contributed by atoms with E-state index < -0.39 is 12.1 Å². The number of rotatable bonds is 4. The van der Waals surface area contributed by atoms with Gasteiger partial charge >= 0.3 is 0 Å². The number of ether oxygens (including phenoxy) is 1. The monoisotopic (exact) mass is 365 g/mol. The van der Waals surface area contributed by atoms with Crippen LogP contribution in [-0.4, -0.2) is 48.5 Å². The van der Waals surface area contributed by atoms with E-state index in [9.17, 15) is 9.59 Å². The lowest BCUT2D eigenvalue weighted by Gasteiger charge is -2.35. The number of hydrogen-bond donors (Lipinski definition) is 1. The Morgan fingerprint density at radius 1 is 1.19 bits per heavy atom. The quantitative estimate of drug-likeness (QED) is 0.899. The van der Waals surface area contributed by atoms with Gasteiger partial charge in [-0.3, -0.25) is 9.59 Å². The summed E-state index contributed by atoms with van der Waals surface area (Å²) in [5, 5.41) is 0. The summed E-state index contributed by atoms with van der Waals surface area (Å²) in [6, 6.07) is 14.8. The summed E-state index contributed by atoms with van der Waals surface area (Å²) in [7, 11) is 1.60. The van der Waals surface area contributed by atoms with Crippen molar-refractivity contribution in [3.63, 3.8) is 0 Å². The number of hydrogen-bond acceptors (Lipinski definition) is 4. The fourth-order valence-electron chi connectivity index (χ4n) is 4.08. The predicted molar refractivity (Wildman–Crippen MR) is 103 cm³/mol. The highest BCUT2D eigenvalue weighted by atomic mass is 16.5. The van der Waals surface area contributed by atoms with Crippen molar-refractivity contribution in [3.8, 4) is 16.9 Å². The van der Waals surface area contributed by atoms with Gasteiger partial charge < -0.3 is 20.3 Å². The number of methoxy groups -OCH3 is 1. The molecule has 6 heteroatoms. The van der Waals surface area contributed by atoms with Crippen LogP contribution in [-0.2, 0) is 9.59 Å². The molecular weight excluding hydrogens is 342 g/mol. The van der Waals surface area contributed by atoms with E-state index >= 15 is 0 Å². The number of amides is 2. The van der Waals surface area contributed by atoms with Gasteiger partial charge in [0.15, 0.2) is 0 Å². The lowest BCUT2D eigenvalue weighted by molar-refractivity contribution is -0.139. The Balaban J connectivity index is 1.68. The number of anilines is 1. The van der Waals surface area contributed by atoms with E-state index in [0.29, 0.717) is 18.7 Å². The molecule has 2 fully saturated rings. The second kappa shape index (κ2) is 6.70. The second-order valence-electron chi connectivity index (χ2n) is 7.15. The molecule has 0 aromatic heterocycles. The summed E-state index contributed by atoms with van der Waals surface area (Å²) < 4.78 is 5.52. The van der Waals surface area contributed by atoms with E-state index in [2.05, 4.69) is 0 Å². The summed E-state index contributed by atoms with van der Waals surface area (Å²) in [4.78, 5) is 28.8. The average molecular weight is 365 g/mol. The maximum absolute atomic E-state index is 13.1. The van der Waals surface area contributed by atoms with Gasteiger partial charge in [0.05, 0.1) is 24.9 Å². The maximum Gasteiger partial charge on any atom is 0.250 e. The minimum Gasteiger partial charge on any atom is -0.495 e. The largest absolute Gasteiger partial charge is 0.495 e. The Kier molecular flexibility index (Phi) is 4.36. The first kappa shape index (κ1) is 17.5. The van der Waals surface area contributed by atoms with Crippen LogP contribution in [0, 0.1) is 0 Å². The van der Waals surface area contributed by atoms with E-state index in [1.807, 2.05) is 48.5 Å². The first-order chi connectivity index (χ1) is 13.0. The maximum atomic E-state index is 13.1. The van der Waals surface area contributed by atoms with Gasteiger partial charge in [-0.15, -0.1) is 0 Å². The van der Waals surface area contributed by atoms with Gasteiger partial charge in [-0.2, -0.15) is 0 Å². The summed E-state index contributed by atoms with van der Waals surface area (Å²) in [5.41, 5.74) is 8.58. The highest BCUT2D eigenvalue weighted by Crippen LogP contribution is 2.41. The smallest absolute Gasteiger partial charge is 0.250 e. The van der Waals surface area contributed by atoms with Crippen LogP contribution >= 0.6 is 0 Å². The SMILES string of the molecule is COc1ccc(-c2ccccc2)cc1N1C(=O)[C@@H]2C[C@H]1CN2C(=O)[C@@H](C)N. The van der Waals surface area contributed by atoms with E-state index in [4.69, 9.17) is 10.5 Å². The fraction of sp³-hybridized carbons (Fsp3) is 0.333. The van der Waals surface area contributed by atoms with Crippen molar-refractivity contribution >= 4 is 17.5 Å². The van der Waals surface area contributed by atoms with Crippen molar-refractivity contribution in [2.24, 2.45) is 5.73 Å². The molecule has 0 unspecified atom stereocenters. The van der Waals surface area contributed by atoms with E-state index in [0.717, 1.165) is 16.8 Å². The van der Waals surface area contributed by atoms with Crippen molar-refractivity contribution in [2.45, 2.75) is 31.5 Å². The minimum atomic E-state index is -0.596. The number of fused-ring (bicyclic) bond motifs is 2. The molecule has 27 heavy (non-hydrogen) atoms. The standard InChI is InChI=1S/C21H23N3O3/c1-13(22)20(25)23-12-16-11-18(23)21(26)24(16)17-10-15(8-9-19(17)27-2)14-6-4-3-5-7-14/h3-10,13,16,18H,11-12,22H2,1-2H3/t13-,16+,18+/m1/s1. The number of carbonyl (C=O) groups excluding carboxylic acids is 2. The lowest BCUT2D eigenvalue weighted by Crippen LogP contribution is -2.55.